The fourth-order valence-corrected chi connectivity index (χ4v) is 1.71. The number of carbonyl (C=O) groups is 1. The Morgan fingerprint density at radius 2 is 1.81 bits per heavy atom. The Bertz CT molecular complexity index is 510. The zero-order valence-electron chi connectivity index (χ0n) is 12.1. The summed E-state index contributed by atoms with van der Waals surface area (Å²) < 4.78 is 38.1. The van der Waals surface area contributed by atoms with E-state index in [2.05, 4.69) is 10.6 Å². The van der Waals surface area contributed by atoms with Crippen LogP contribution in [0.5, 0.6) is 0 Å². The number of urea groups is 1. The smallest absolute Gasteiger partial charge is 0.338 e. The monoisotopic (exact) mass is 322 g/mol. The third kappa shape index (κ3) is 6.25. The van der Waals surface area contributed by atoms with Crippen molar-refractivity contribution in [3.8, 4) is 0 Å². The summed E-state index contributed by atoms with van der Waals surface area (Å²) in [4.78, 5) is 11.5. The van der Waals surface area contributed by atoms with Gasteiger partial charge in [0.1, 0.15) is 0 Å². The Morgan fingerprint density at radius 3 is 2.33 bits per heavy atom. The van der Waals surface area contributed by atoms with Crippen molar-refractivity contribution < 1.29 is 18.0 Å². The van der Waals surface area contributed by atoms with Crippen LogP contribution in [0.1, 0.15) is 31.9 Å². The Labute approximate surface area is 126 Å². The van der Waals surface area contributed by atoms with Gasteiger partial charge in [0.15, 0.2) is 0 Å². The van der Waals surface area contributed by atoms with Gasteiger partial charge in [-0.1, -0.05) is 38.4 Å². The summed E-state index contributed by atoms with van der Waals surface area (Å²) in [7, 11) is 0. The number of carbonyl (C=O) groups excluding carboxylic acids is 1. The second-order valence-electron chi connectivity index (χ2n) is 5.91. The molecule has 0 aliphatic heterocycles. The molecule has 0 unspecified atom stereocenters. The van der Waals surface area contributed by atoms with Crippen LogP contribution in [-0.4, -0.2) is 12.6 Å². The van der Waals surface area contributed by atoms with Crippen molar-refractivity contribution in [2.75, 3.05) is 6.54 Å². The molecule has 0 aliphatic carbocycles. The van der Waals surface area contributed by atoms with Crippen LogP contribution in [-0.2, 0) is 12.7 Å². The highest BCUT2D eigenvalue weighted by Crippen LogP contribution is 2.35. The van der Waals surface area contributed by atoms with E-state index in [1.165, 1.54) is 12.1 Å². The molecule has 0 saturated carbocycles. The predicted molar refractivity (Wildman–Crippen MR) is 76.1 cm³/mol. The lowest BCUT2D eigenvalue weighted by molar-refractivity contribution is -0.137. The highest BCUT2D eigenvalue weighted by Gasteiger charge is 2.33. The lowest BCUT2D eigenvalue weighted by Crippen LogP contribution is -2.39. The quantitative estimate of drug-likeness (QED) is 0.860. The number of rotatable bonds is 3. The van der Waals surface area contributed by atoms with E-state index in [9.17, 15) is 18.0 Å². The molecule has 0 heterocycles. The number of benzene rings is 1. The van der Waals surface area contributed by atoms with Crippen LogP contribution < -0.4 is 10.6 Å². The van der Waals surface area contributed by atoms with E-state index in [4.69, 9.17) is 11.6 Å². The molecule has 2 amide bonds. The molecule has 0 aliphatic rings. The topological polar surface area (TPSA) is 41.1 Å². The van der Waals surface area contributed by atoms with Gasteiger partial charge in [-0.05, 0) is 23.1 Å². The minimum atomic E-state index is -4.51. The van der Waals surface area contributed by atoms with Crippen molar-refractivity contribution in [3.05, 3.63) is 34.3 Å². The number of hydrogen-bond acceptors (Lipinski definition) is 1. The molecule has 0 bridgehead atoms. The first-order valence-electron chi connectivity index (χ1n) is 6.36. The standard InChI is InChI=1S/C14H18ClF3N2O/c1-13(2,3)8-20-12(21)19-7-9-4-5-11(15)10(6-9)14(16,17)18/h4-6H,7-8H2,1-3H3,(H2,19,20,21). The van der Waals surface area contributed by atoms with Gasteiger partial charge in [-0.2, -0.15) is 13.2 Å². The van der Waals surface area contributed by atoms with Gasteiger partial charge in [0.25, 0.3) is 0 Å². The van der Waals surface area contributed by atoms with Crippen molar-refractivity contribution in [2.45, 2.75) is 33.5 Å². The first-order chi connectivity index (χ1) is 9.49. The Morgan fingerprint density at radius 1 is 1.19 bits per heavy atom. The third-order valence-corrected chi connectivity index (χ3v) is 2.90. The van der Waals surface area contributed by atoms with Crippen LogP contribution in [0.4, 0.5) is 18.0 Å². The molecule has 118 valence electrons. The third-order valence-electron chi connectivity index (χ3n) is 2.57. The van der Waals surface area contributed by atoms with Gasteiger partial charge < -0.3 is 10.6 Å². The average Bonchev–Trinajstić information content (AvgIpc) is 2.33. The van der Waals surface area contributed by atoms with Gasteiger partial charge >= 0.3 is 12.2 Å². The molecule has 1 aromatic rings. The number of amides is 2. The summed E-state index contributed by atoms with van der Waals surface area (Å²) in [6.45, 7) is 6.34. The number of nitrogens with one attached hydrogen (secondary N) is 2. The van der Waals surface area contributed by atoms with Gasteiger partial charge in [0.2, 0.25) is 0 Å². The van der Waals surface area contributed by atoms with E-state index < -0.39 is 17.8 Å². The molecule has 3 nitrogen and oxygen atoms in total. The lowest BCUT2D eigenvalue weighted by Gasteiger charge is -2.19. The molecule has 0 saturated heterocycles. The first kappa shape index (κ1) is 17.6. The second kappa shape index (κ2) is 6.56. The van der Waals surface area contributed by atoms with Crippen LogP contribution in [0.2, 0.25) is 5.02 Å². The minimum Gasteiger partial charge on any atom is -0.338 e. The zero-order chi connectivity index (χ0) is 16.3. The molecular weight excluding hydrogens is 305 g/mol. The fourth-order valence-electron chi connectivity index (χ4n) is 1.49. The van der Waals surface area contributed by atoms with Gasteiger partial charge in [-0.3, -0.25) is 0 Å². The number of hydrogen-bond donors (Lipinski definition) is 2. The van der Waals surface area contributed by atoms with Crippen molar-refractivity contribution in [1.29, 1.82) is 0 Å². The average molecular weight is 323 g/mol. The summed E-state index contributed by atoms with van der Waals surface area (Å²) in [6, 6.07) is 3.14. The van der Waals surface area contributed by atoms with Gasteiger partial charge in [-0.15, -0.1) is 0 Å². The highest BCUT2D eigenvalue weighted by molar-refractivity contribution is 6.31. The van der Waals surface area contributed by atoms with Crippen molar-refractivity contribution >= 4 is 17.6 Å². The van der Waals surface area contributed by atoms with Crippen LogP contribution >= 0.6 is 11.6 Å². The molecule has 0 radical (unpaired) electrons. The summed E-state index contributed by atoms with van der Waals surface area (Å²) >= 11 is 5.52. The van der Waals surface area contributed by atoms with E-state index in [1.807, 2.05) is 20.8 Å². The van der Waals surface area contributed by atoms with Gasteiger partial charge in [0.05, 0.1) is 10.6 Å². The van der Waals surface area contributed by atoms with E-state index >= 15 is 0 Å². The maximum atomic E-state index is 12.7. The number of alkyl halides is 3. The minimum absolute atomic E-state index is 0.00374. The molecule has 0 fully saturated rings. The van der Waals surface area contributed by atoms with Crippen LogP contribution in [0, 0.1) is 5.41 Å². The molecule has 2 N–H and O–H groups in total. The summed E-state index contributed by atoms with van der Waals surface area (Å²) in [5.74, 6) is 0. The largest absolute Gasteiger partial charge is 0.417 e. The van der Waals surface area contributed by atoms with E-state index in [0.717, 1.165) is 6.07 Å². The SMILES string of the molecule is CC(C)(C)CNC(=O)NCc1ccc(Cl)c(C(F)(F)F)c1. The van der Waals surface area contributed by atoms with Gasteiger partial charge in [-0.25, -0.2) is 4.79 Å². The molecule has 1 aromatic carbocycles. The van der Waals surface area contributed by atoms with E-state index in [-0.39, 0.29) is 17.0 Å². The summed E-state index contributed by atoms with van der Waals surface area (Å²) in [5, 5.41) is 4.80. The normalized spacial score (nSPS) is 12.1. The molecule has 21 heavy (non-hydrogen) atoms. The molecule has 0 atom stereocenters. The molecule has 0 aromatic heterocycles. The van der Waals surface area contributed by atoms with Crippen LogP contribution in [0.3, 0.4) is 0 Å². The maximum absolute atomic E-state index is 12.7. The molecular formula is C14H18ClF3N2O. The molecule has 0 spiro atoms. The Hall–Kier alpha value is -1.43. The molecule has 7 heteroatoms. The first-order valence-corrected chi connectivity index (χ1v) is 6.74. The van der Waals surface area contributed by atoms with Crippen molar-refractivity contribution in [3.63, 3.8) is 0 Å². The summed E-state index contributed by atoms with van der Waals surface area (Å²) in [6.07, 6.45) is -4.51. The Balaban J connectivity index is 2.62. The predicted octanol–water partition coefficient (Wildman–Crippen LogP) is 4.20. The van der Waals surface area contributed by atoms with Crippen LogP contribution in [0.25, 0.3) is 0 Å². The second-order valence-corrected chi connectivity index (χ2v) is 6.32. The highest BCUT2D eigenvalue weighted by atomic mass is 35.5. The van der Waals surface area contributed by atoms with Crippen molar-refractivity contribution in [1.82, 2.24) is 10.6 Å². The van der Waals surface area contributed by atoms with Crippen LogP contribution in [0.15, 0.2) is 18.2 Å². The number of halogens is 4. The van der Waals surface area contributed by atoms with E-state index in [0.29, 0.717) is 12.1 Å². The Kier molecular flexibility index (Phi) is 5.50. The zero-order valence-corrected chi connectivity index (χ0v) is 12.8. The maximum Gasteiger partial charge on any atom is 0.417 e. The lowest BCUT2D eigenvalue weighted by atomic mass is 9.97. The summed E-state index contributed by atoms with van der Waals surface area (Å²) in [5.41, 5.74) is -0.641. The van der Waals surface area contributed by atoms with E-state index in [1.54, 1.807) is 0 Å². The fraction of sp³-hybridized carbons (Fsp3) is 0.500. The van der Waals surface area contributed by atoms with Gasteiger partial charge in [0, 0.05) is 13.1 Å². The molecule has 1 rings (SSSR count). The van der Waals surface area contributed by atoms with Crippen molar-refractivity contribution in [2.24, 2.45) is 5.41 Å².